The summed E-state index contributed by atoms with van der Waals surface area (Å²) in [7, 11) is 0. The summed E-state index contributed by atoms with van der Waals surface area (Å²) < 4.78 is 6.70. The van der Waals surface area contributed by atoms with Gasteiger partial charge >= 0.3 is 5.91 Å². The van der Waals surface area contributed by atoms with Crippen LogP contribution in [0.3, 0.4) is 0 Å². The van der Waals surface area contributed by atoms with E-state index in [1.54, 1.807) is 36.5 Å². The molecule has 0 spiro atoms. The number of ether oxygens (including phenoxy) is 1. The zero-order chi connectivity index (χ0) is 26.8. The predicted molar refractivity (Wildman–Crippen MR) is 148 cm³/mol. The van der Waals surface area contributed by atoms with Gasteiger partial charge in [0.25, 0.3) is 5.78 Å². The van der Waals surface area contributed by atoms with Crippen molar-refractivity contribution in [3.8, 4) is 5.75 Å². The van der Waals surface area contributed by atoms with Crippen molar-refractivity contribution in [3.05, 3.63) is 88.8 Å². The van der Waals surface area contributed by atoms with Gasteiger partial charge in [0.15, 0.2) is 5.13 Å². The number of thiazole rings is 1. The fourth-order valence-corrected chi connectivity index (χ4v) is 6.09. The summed E-state index contributed by atoms with van der Waals surface area (Å²) in [5, 5.41) is 11.9. The van der Waals surface area contributed by atoms with E-state index in [2.05, 4.69) is 31.8 Å². The van der Waals surface area contributed by atoms with Crippen LogP contribution in [0.4, 0.5) is 5.13 Å². The van der Waals surface area contributed by atoms with Crippen molar-refractivity contribution in [1.82, 2.24) is 9.97 Å². The number of benzene rings is 2. The third-order valence-electron chi connectivity index (χ3n) is 7.03. The predicted octanol–water partition coefficient (Wildman–Crippen LogP) is 5.94. The Bertz CT molecular complexity index is 1630. The molecule has 0 saturated carbocycles. The van der Waals surface area contributed by atoms with Gasteiger partial charge in [-0.3, -0.25) is 19.5 Å². The molecule has 1 amide bonds. The van der Waals surface area contributed by atoms with Gasteiger partial charge in [0.2, 0.25) is 0 Å². The van der Waals surface area contributed by atoms with E-state index in [0.29, 0.717) is 22.8 Å². The zero-order valence-electron chi connectivity index (χ0n) is 21.6. The number of Topliss-reactive ketones (excluding diaryl/α,β-unsaturated/α-hetero) is 1. The van der Waals surface area contributed by atoms with Crippen molar-refractivity contribution in [3.63, 3.8) is 0 Å². The molecule has 2 aromatic carbocycles. The van der Waals surface area contributed by atoms with Crippen LogP contribution in [0, 0.1) is 0 Å². The van der Waals surface area contributed by atoms with Gasteiger partial charge in [-0.25, -0.2) is 4.98 Å². The number of aromatic nitrogens is 2. The van der Waals surface area contributed by atoms with Crippen molar-refractivity contribution in [2.24, 2.45) is 0 Å². The Morgan fingerprint density at radius 2 is 1.92 bits per heavy atom. The van der Waals surface area contributed by atoms with Crippen LogP contribution in [-0.2, 0) is 21.4 Å². The van der Waals surface area contributed by atoms with Crippen molar-refractivity contribution in [1.29, 1.82) is 0 Å². The normalized spacial score (nSPS) is 20.7. The molecule has 1 fully saturated rings. The topological polar surface area (TPSA) is 92.6 Å². The minimum atomic E-state index is -0.915. The van der Waals surface area contributed by atoms with E-state index in [1.807, 2.05) is 25.1 Å². The third-order valence-corrected chi connectivity index (χ3v) is 8.05. The number of fused-ring (bicyclic) bond motifs is 2. The van der Waals surface area contributed by atoms with E-state index in [1.165, 1.54) is 16.2 Å². The Kier molecular flexibility index (Phi) is 5.61. The Morgan fingerprint density at radius 1 is 1.11 bits per heavy atom. The van der Waals surface area contributed by atoms with Gasteiger partial charge in [-0.2, -0.15) is 0 Å². The molecular formula is C30H27N3O4S. The lowest BCUT2D eigenvalue weighted by Gasteiger charge is -2.22. The van der Waals surface area contributed by atoms with Gasteiger partial charge in [-0.05, 0) is 65.9 Å². The highest BCUT2D eigenvalue weighted by Gasteiger charge is 2.49. The summed E-state index contributed by atoms with van der Waals surface area (Å²) in [5.74, 6) is -0.979. The van der Waals surface area contributed by atoms with E-state index < -0.39 is 17.7 Å². The van der Waals surface area contributed by atoms with E-state index in [9.17, 15) is 14.7 Å². The molecule has 7 nitrogen and oxygen atoms in total. The van der Waals surface area contributed by atoms with Crippen LogP contribution in [0.15, 0.2) is 66.4 Å². The van der Waals surface area contributed by atoms with Crippen molar-refractivity contribution in [2.75, 3.05) is 4.90 Å². The molecule has 0 aliphatic carbocycles. The second kappa shape index (κ2) is 8.77. The Labute approximate surface area is 224 Å². The van der Waals surface area contributed by atoms with Crippen molar-refractivity contribution in [2.45, 2.75) is 51.7 Å². The maximum absolute atomic E-state index is 13.5. The van der Waals surface area contributed by atoms with Gasteiger partial charge in [-0.15, -0.1) is 0 Å². The smallest absolute Gasteiger partial charge is 0.301 e. The SMILES string of the molecule is CC1Cc2cc(/C(O)=C3\C(=O)C(=O)N(c4nc5ccc(C(C)(C)C)cc5s4)C3c3ccccn3)ccc2O1. The largest absolute Gasteiger partial charge is 0.507 e. The van der Waals surface area contributed by atoms with Gasteiger partial charge in [0.05, 0.1) is 21.5 Å². The highest BCUT2D eigenvalue weighted by atomic mass is 32.1. The first-order chi connectivity index (χ1) is 18.1. The number of carbonyl (C=O) groups is 2. The number of rotatable bonds is 3. The fraction of sp³-hybridized carbons (Fsp3) is 0.267. The minimum Gasteiger partial charge on any atom is -0.507 e. The lowest BCUT2D eigenvalue weighted by Crippen LogP contribution is -2.29. The van der Waals surface area contributed by atoms with E-state index in [4.69, 9.17) is 9.72 Å². The van der Waals surface area contributed by atoms with Crippen molar-refractivity contribution < 1.29 is 19.4 Å². The van der Waals surface area contributed by atoms with Crippen LogP contribution in [-0.4, -0.2) is 32.9 Å². The van der Waals surface area contributed by atoms with Crippen LogP contribution in [0.2, 0.25) is 0 Å². The van der Waals surface area contributed by atoms with E-state index in [0.717, 1.165) is 27.1 Å². The summed E-state index contributed by atoms with van der Waals surface area (Å²) >= 11 is 1.35. The van der Waals surface area contributed by atoms with Crippen molar-refractivity contribution >= 4 is 44.1 Å². The summed E-state index contributed by atoms with van der Waals surface area (Å²) in [6, 6.07) is 15.8. The average molecular weight is 526 g/mol. The fourth-order valence-electron chi connectivity index (χ4n) is 5.05. The number of anilines is 1. The molecule has 2 aliphatic rings. The van der Waals surface area contributed by atoms with E-state index in [-0.39, 0.29) is 22.9 Å². The number of nitrogens with zero attached hydrogens (tertiary/aromatic N) is 3. The Balaban J connectivity index is 1.50. The second-order valence-electron chi connectivity index (χ2n) is 10.8. The van der Waals surface area contributed by atoms with Crippen LogP contribution in [0.25, 0.3) is 16.0 Å². The van der Waals surface area contributed by atoms with Crippen LogP contribution in [0.1, 0.15) is 56.1 Å². The molecule has 2 atom stereocenters. The molecule has 192 valence electrons. The second-order valence-corrected chi connectivity index (χ2v) is 11.8. The molecule has 2 unspecified atom stereocenters. The molecular weight excluding hydrogens is 498 g/mol. The van der Waals surface area contributed by atoms with Gasteiger partial charge in [0, 0.05) is 18.2 Å². The molecule has 2 aliphatic heterocycles. The maximum Gasteiger partial charge on any atom is 0.301 e. The molecule has 1 saturated heterocycles. The quantitative estimate of drug-likeness (QED) is 0.202. The first-order valence-electron chi connectivity index (χ1n) is 12.5. The molecule has 8 heteroatoms. The van der Waals surface area contributed by atoms with Crippen LogP contribution >= 0.6 is 11.3 Å². The highest BCUT2D eigenvalue weighted by molar-refractivity contribution is 7.22. The number of pyridine rings is 1. The summed E-state index contributed by atoms with van der Waals surface area (Å²) in [6.45, 7) is 8.40. The van der Waals surface area contributed by atoms with Gasteiger partial charge in [0.1, 0.15) is 23.7 Å². The zero-order valence-corrected chi connectivity index (χ0v) is 22.4. The van der Waals surface area contributed by atoms with Gasteiger partial charge in [-0.1, -0.05) is 44.2 Å². The molecule has 38 heavy (non-hydrogen) atoms. The monoisotopic (exact) mass is 525 g/mol. The lowest BCUT2D eigenvalue weighted by molar-refractivity contribution is -0.132. The molecule has 1 N–H and O–H groups in total. The summed E-state index contributed by atoms with van der Waals surface area (Å²) in [5.41, 5.74) is 3.72. The number of ketones is 1. The minimum absolute atomic E-state index is 0.00440. The number of hydrogen-bond acceptors (Lipinski definition) is 7. The maximum atomic E-state index is 13.5. The standard InChI is InChI=1S/C30H27N3O4S/c1-16-13-18-14-17(8-11-22(18)37-16)26(34)24-25(21-7-5-6-12-31-21)33(28(36)27(24)35)29-32-20-10-9-19(30(2,3)4)15-23(20)38-29/h5-12,14-16,25,34H,13H2,1-4H3/b26-24+. The van der Waals surface area contributed by atoms with Gasteiger partial charge < -0.3 is 9.84 Å². The molecule has 4 heterocycles. The molecule has 2 aromatic heterocycles. The van der Waals surface area contributed by atoms with Crippen LogP contribution in [0.5, 0.6) is 5.75 Å². The van der Waals surface area contributed by atoms with Crippen LogP contribution < -0.4 is 9.64 Å². The Morgan fingerprint density at radius 3 is 2.66 bits per heavy atom. The number of aliphatic hydroxyl groups excluding tert-OH is 1. The lowest BCUT2D eigenvalue weighted by atomic mass is 9.87. The first kappa shape index (κ1) is 24.3. The number of amides is 1. The summed E-state index contributed by atoms with van der Waals surface area (Å²) in [4.78, 5) is 37.6. The molecule has 0 radical (unpaired) electrons. The molecule has 0 bridgehead atoms. The Hall–Kier alpha value is -4.04. The third kappa shape index (κ3) is 3.96. The number of aliphatic hydroxyl groups is 1. The number of carbonyl (C=O) groups excluding carboxylic acids is 2. The van der Waals surface area contributed by atoms with E-state index >= 15 is 0 Å². The molecule has 6 rings (SSSR count). The number of hydrogen-bond donors (Lipinski definition) is 1. The molecule has 4 aromatic rings. The highest BCUT2D eigenvalue weighted by Crippen LogP contribution is 2.44. The average Bonchev–Trinajstić information content (AvgIpc) is 3.55. The first-order valence-corrected chi connectivity index (χ1v) is 13.4. The summed E-state index contributed by atoms with van der Waals surface area (Å²) in [6.07, 6.45) is 2.35.